The van der Waals surface area contributed by atoms with Crippen molar-refractivity contribution in [2.24, 2.45) is 5.73 Å². The highest BCUT2D eigenvalue weighted by Gasteiger charge is 2.26. The Morgan fingerprint density at radius 1 is 0.321 bits per heavy atom. The SMILES string of the molecule is CCCCCCCCCCCCCCCCCCCCCCCCCCCCCCCCC(=O)OCC(COP(=O)(O)OCCN)OC(=O)CCCCCCCCCCCCCCCCCCCCCCCCCCCCCCCC. The first-order chi connectivity index (χ1) is 39.8. The van der Waals surface area contributed by atoms with Gasteiger partial charge in [0.25, 0.3) is 0 Å². The maximum atomic E-state index is 12.8. The van der Waals surface area contributed by atoms with Crippen LogP contribution in [0.15, 0.2) is 0 Å². The summed E-state index contributed by atoms with van der Waals surface area (Å²) in [7, 11) is -4.39. The fourth-order valence-electron chi connectivity index (χ4n) is 11.6. The molecule has 0 heterocycles. The first-order valence-corrected chi connectivity index (χ1v) is 38.0. The van der Waals surface area contributed by atoms with E-state index in [4.69, 9.17) is 24.3 Å². The van der Waals surface area contributed by atoms with E-state index in [9.17, 15) is 19.0 Å². The van der Waals surface area contributed by atoms with Crippen LogP contribution in [0.3, 0.4) is 0 Å². The van der Waals surface area contributed by atoms with Crippen LogP contribution in [-0.4, -0.2) is 49.3 Å². The second-order valence-corrected chi connectivity index (χ2v) is 26.6. The van der Waals surface area contributed by atoms with Gasteiger partial charge in [0.05, 0.1) is 13.2 Å². The van der Waals surface area contributed by atoms with E-state index in [1.807, 2.05) is 0 Å². The Kier molecular flexibility index (Phi) is 67.3. The molecular weight excluding hydrogens is 1030 g/mol. The molecule has 9 nitrogen and oxygen atoms in total. The summed E-state index contributed by atoms with van der Waals surface area (Å²) in [6, 6.07) is 0. The number of phosphoric acid groups is 1. The van der Waals surface area contributed by atoms with Gasteiger partial charge in [-0.3, -0.25) is 18.6 Å². The van der Waals surface area contributed by atoms with Crippen molar-refractivity contribution >= 4 is 19.8 Å². The molecule has 0 saturated heterocycles. The van der Waals surface area contributed by atoms with E-state index < -0.39 is 26.5 Å². The molecule has 0 radical (unpaired) electrons. The normalized spacial score (nSPS) is 12.8. The molecule has 0 aromatic heterocycles. The molecular formula is C71H142NO8P. The number of rotatable bonds is 71. The lowest BCUT2D eigenvalue weighted by Crippen LogP contribution is -2.29. The number of ether oxygens (including phenoxy) is 2. The minimum atomic E-state index is -4.39. The van der Waals surface area contributed by atoms with E-state index in [0.717, 1.165) is 32.1 Å². The van der Waals surface area contributed by atoms with Crippen LogP contribution in [0.5, 0.6) is 0 Å². The highest BCUT2D eigenvalue weighted by atomic mass is 31.2. The van der Waals surface area contributed by atoms with Gasteiger partial charge in [0.2, 0.25) is 0 Å². The van der Waals surface area contributed by atoms with Crippen molar-refractivity contribution in [1.29, 1.82) is 0 Å². The summed E-state index contributed by atoms with van der Waals surface area (Å²) in [6.45, 7) is 3.85. The molecule has 484 valence electrons. The molecule has 0 aromatic rings. The van der Waals surface area contributed by atoms with Crippen LogP contribution in [0.25, 0.3) is 0 Å². The second-order valence-electron chi connectivity index (χ2n) is 25.2. The Labute approximate surface area is 505 Å². The van der Waals surface area contributed by atoms with Gasteiger partial charge in [-0.05, 0) is 12.8 Å². The molecule has 2 atom stereocenters. The quantitative estimate of drug-likeness (QED) is 0.0347. The minimum Gasteiger partial charge on any atom is -0.462 e. The zero-order valence-corrected chi connectivity index (χ0v) is 55.5. The zero-order valence-electron chi connectivity index (χ0n) is 54.6. The molecule has 2 unspecified atom stereocenters. The second kappa shape index (κ2) is 68.1. The topological polar surface area (TPSA) is 134 Å². The van der Waals surface area contributed by atoms with Gasteiger partial charge >= 0.3 is 19.8 Å². The number of carbonyl (C=O) groups excluding carboxylic acids is 2. The smallest absolute Gasteiger partial charge is 0.462 e. The molecule has 81 heavy (non-hydrogen) atoms. The van der Waals surface area contributed by atoms with Crippen molar-refractivity contribution in [3.63, 3.8) is 0 Å². The first kappa shape index (κ1) is 80.0. The summed E-state index contributed by atoms with van der Waals surface area (Å²) in [6.07, 6.45) is 80.8. The van der Waals surface area contributed by atoms with Crippen LogP contribution in [-0.2, 0) is 32.7 Å². The Balaban J connectivity index is 3.77. The van der Waals surface area contributed by atoms with Gasteiger partial charge in [0, 0.05) is 19.4 Å². The van der Waals surface area contributed by atoms with Gasteiger partial charge in [-0.1, -0.05) is 386 Å². The van der Waals surface area contributed by atoms with Crippen molar-refractivity contribution in [2.75, 3.05) is 26.4 Å². The first-order valence-electron chi connectivity index (χ1n) is 36.5. The molecule has 0 aliphatic rings. The van der Waals surface area contributed by atoms with E-state index in [0.29, 0.717) is 12.8 Å². The molecule has 0 rings (SSSR count). The van der Waals surface area contributed by atoms with Crippen LogP contribution in [0.2, 0.25) is 0 Å². The number of hydrogen-bond acceptors (Lipinski definition) is 8. The highest BCUT2D eigenvalue weighted by Crippen LogP contribution is 2.43. The molecule has 0 spiro atoms. The predicted octanol–water partition coefficient (Wildman–Crippen LogP) is 23.8. The van der Waals surface area contributed by atoms with Crippen molar-refractivity contribution in [2.45, 2.75) is 418 Å². The maximum Gasteiger partial charge on any atom is 0.472 e. The maximum absolute atomic E-state index is 12.8. The number of unbranched alkanes of at least 4 members (excludes halogenated alkanes) is 58. The summed E-state index contributed by atoms with van der Waals surface area (Å²) in [5.41, 5.74) is 5.41. The molecule has 0 fully saturated rings. The van der Waals surface area contributed by atoms with E-state index in [1.165, 1.54) is 347 Å². The molecule has 0 saturated carbocycles. The van der Waals surface area contributed by atoms with Crippen molar-refractivity contribution in [3.05, 3.63) is 0 Å². The average Bonchev–Trinajstić information content (AvgIpc) is 3.46. The fraction of sp³-hybridized carbons (Fsp3) is 0.972. The monoisotopic (exact) mass is 1170 g/mol. The lowest BCUT2D eigenvalue weighted by molar-refractivity contribution is -0.161. The van der Waals surface area contributed by atoms with Crippen molar-refractivity contribution in [3.8, 4) is 0 Å². The Morgan fingerprint density at radius 2 is 0.531 bits per heavy atom. The number of esters is 2. The molecule has 0 amide bonds. The van der Waals surface area contributed by atoms with Gasteiger partial charge in [-0.15, -0.1) is 0 Å². The van der Waals surface area contributed by atoms with Gasteiger partial charge in [-0.2, -0.15) is 0 Å². The lowest BCUT2D eigenvalue weighted by Gasteiger charge is -2.19. The predicted molar refractivity (Wildman–Crippen MR) is 349 cm³/mol. The van der Waals surface area contributed by atoms with Crippen LogP contribution < -0.4 is 5.73 Å². The minimum absolute atomic E-state index is 0.0589. The molecule has 3 N–H and O–H groups in total. The van der Waals surface area contributed by atoms with Gasteiger partial charge in [-0.25, -0.2) is 4.57 Å². The van der Waals surface area contributed by atoms with E-state index in [-0.39, 0.29) is 32.1 Å². The Morgan fingerprint density at radius 3 is 0.753 bits per heavy atom. The summed E-state index contributed by atoms with van der Waals surface area (Å²) >= 11 is 0. The summed E-state index contributed by atoms with van der Waals surface area (Å²) in [5.74, 6) is -0.796. The largest absolute Gasteiger partial charge is 0.472 e. The number of carbonyl (C=O) groups is 2. The molecule has 10 heteroatoms. The summed E-state index contributed by atoms with van der Waals surface area (Å²) < 4.78 is 33.2. The fourth-order valence-corrected chi connectivity index (χ4v) is 12.4. The highest BCUT2D eigenvalue weighted by molar-refractivity contribution is 7.47. The Hall–Kier alpha value is -0.990. The van der Waals surface area contributed by atoms with E-state index in [2.05, 4.69) is 13.8 Å². The van der Waals surface area contributed by atoms with E-state index >= 15 is 0 Å². The third-order valence-corrected chi connectivity index (χ3v) is 18.0. The molecule has 0 aromatic carbocycles. The molecule has 0 aliphatic heterocycles. The van der Waals surface area contributed by atoms with Crippen LogP contribution >= 0.6 is 7.82 Å². The number of hydrogen-bond donors (Lipinski definition) is 2. The van der Waals surface area contributed by atoms with Crippen LogP contribution in [0.4, 0.5) is 0 Å². The molecule has 0 bridgehead atoms. The van der Waals surface area contributed by atoms with Gasteiger partial charge in [0.15, 0.2) is 6.10 Å². The van der Waals surface area contributed by atoms with Crippen LogP contribution in [0.1, 0.15) is 412 Å². The van der Waals surface area contributed by atoms with Crippen molar-refractivity contribution in [1.82, 2.24) is 0 Å². The Bertz CT molecular complexity index is 1290. The number of nitrogens with two attached hydrogens (primary N) is 1. The lowest BCUT2D eigenvalue weighted by atomic mass is 10.0. The number of phosphoric ester groups is 1. The van der Waals surface area contributed by atoms with Crippen LogP contribution in [0, 0.1) is 0 Å². The third-order valence-electron chi connectivity index (χ3n) is 17.0. The van der Waals surface area contributed by atoms with Gasteiger partial charge < -0.3 is 20.1 Å². The standard InChI is InChI=1S/C71H142NO8P/c1-3-5-7-9-11-13-15-17-19-21-23-25-27-29-31-33-35-37-39-41-43-45-47-49-51-53-55-57-59-61-63-70(73)77-67-69(68-79-81(75,76)78-66-65-72)80-71(74)64-62-60-58-56-54-52-50-48-46-44-42-40-38-36-34-32-30-28-26-24-22-20-18-16-14-12-10-8-6-4-2/h69H,3-68,72H2,1-2H3,(H,75,76). The third kappa shape index (κ3) is 68.0. The average molecular weight is 1170 g/mol. The van der Waals surface area contributed by atoms with E-state index in [1.54, 1.807) is 0 Å². The zero-order chi connectivity index (χ0) is 58.7. The van der Waals surface area contributed by atoms with Crippen molar-refractivity contribution < 1.29 is 37.6 Å². The van der Waals surface area contributed by atoms with Gasteiger partial charge in [0.1, 0.15) is 6.61 Å². The summed E-state index contributed by atoms with van der Waals surface area (Å²) in [5, 5.41) is 0. The molecule has 0 aliphatic carbocycles. The summed E-state index contributed by atoms with van der Waals surface area (Å²) in [4.78, 5) is 35.4.